The van der Waals surface area contributed by atoms with Crippen LogP contribution in [0.5, 0.6) is 0 Å². The van der Waals surface area contributed by atoms with E-state index >= 15 is 0 Å². The van der Waals surface area contributed by atoms with Crippen molar-refractivity contribution >= 4 is 11.8 Å². The molecule has 18 heavy (non-hydrogen) atoms. The fourth-order valence-electron chi connectivity index (χ4n) is 1.82. The summed E-state index contributed by atoms with van der Waals surface area (Å²) in [6.07, 6.45) is 3.91. The van der Waals surface area contributed by atoms with E-state index in [4.69, 9.17) is 4.74 Å². The molecule has 1 unspecified atom stereocenters. The van der Waals surface area contributed by atoms with Crippen LogP contribution in [0.1, 0.15) is 59.3 Å². The zero-order chi connectivity index (χ0) is 13.6. The SMILES string of the molecule is CC(C)(C)OC(=O)C1CC#CCCCCC(=O)C1. The molecule has 0 amide bonds. The van der Waals surface area contributed by atoms with Crippen molar-refractivity contribution in [3.63, 3.8) is 0 Å². The second-order valence-electron chi connectivity index (χ2n) is 5.74. The number of carbonyl (C=O) groups excluding carboxylic acids is 2. The Morgan fingerprint density at radius 2 is 2.00 bits per heavy atom. The number of ether oxygens (including phenoxy) is 1. The molecule has 0 saturated heterocycles. The van der Waals surface area contributed by atoms with Gasteiger partial charge in [0.2, 0.25) is 0 Å². The standard InChI is InChI=1S/C15H22O3/c1-15(2,3)18-14(17)12-9-7-5-4-6-8-10-13(16)11-12/h12H,4,6,8-11H2,1-3H3. The lowest BCUT2D eigenvalue weighted by molar-refractivity contribution is -0.161. The van der Waals surface area contributed by atoms with Gasteiger partial charge in [-0.3, -0.25) is 9.59 Å². The third kappa shape index (κ3) is 5.86. The molecule has 0 bridgehead atoms. The first kappa shape index (κ1) is 14.8. The molecule has 0 aliphatic heterocycles. The minimum atomic E-state index is -0.511. The smallest absolute Gasteiger partial charge is 0.310 e. The normalized spacial score (nSPS) is 21.7. The van der Waals surface area contributed by atoms with Gasteiger partial charge in [0.15, 0.2) is 0 Å². The number of esters is 1. The number of carbonyl (C=O) groups is 2. The molecule has 1 atom stereocenters. The molecular formula is C15H22O3. The lowest BCUT2D eigenvalue weighted by Crippen LogP contribution is -2.30. The molecule has 100 valence electrons. The van der Waals surface area contributed by atoms with Crippen LogP contribution in [0.3, 0.4) is 0 Å². The highest BCUT2D eigenvalue weighted by atomic mass is 16.6. The van der Waals surface area contributed by atoms with Crippen LogP contribution in [-0.2, 0) is 14.3 Å². The van der Waals surface area contributed by atoms with E-state index in [1.807, 2.05) is 20.8 Å². The molecule has 0 fully saturated rings. The van der Waals surface area contributed by atoms with Gasteiger partial charge < -0.3 is 4.74 Å². The van der Waals surface area contributed by atoms with E-state index < -0.39 is 11.5 Å². The number of hydrogen-bond donors (Lipinski definition) is 0. The minimum absolute atomic E-state index is 0.148. The van der Waals surface area contributed by atoms with Crippen LogP contribution in [0.2, 0.25) is 0 Å². The largest absolute Gasteiger partial charge is 0.460 e. The summed E-state index contributed by atoms with van der Waals surface area (Å²) >= 11 is 0. The summed E-state index contributed by atoms with van der Waals surface area (Å²) in [7, 11) is 0. The molecule has 1 rings (SSSR count). The first-order chi connectivity index (χ1) is 8.38. The third-order valence-electron chi connectivity index (χ3n) is 2.70. The Labute approximate surface area is 109 Å². The van der Waals surface area contributed by atoms with E-state index in [0.717, 1.165) is 19.3 Å². The van der Waals surface area contributed by atoms with E-state index in [9.17, 15) is 9.59 Å². The number of ketones is 1. The van der Waals surface area contributed by atoms with Gasteiger partial charge in [-0.1, -0.05) is 0 Å². The Morgan fingerprint density at radius 3 is 2.67 bits per heavy atom. The first-order valence-corrected chi connectivity index (χ1v) is 6.59. The van der Waals surface area contributed by atoms with E-state index in [2.05, 4.69) is 11.8 Å². The lowest BCUT2D eigenvalue weighted by atomic mass is 9.95. The molecule has 0 aromatic rings. The monoisotopic (exact) mass is 250 g/mol. The van der Waals surface area contributed by atoms with E-state index in [0.29, 0.717) is 12.8 Å². The predicted octanol–water partition coefficient (Wildman–Crippen LogP) is 2.87. The summed E-state index contributed by atoms with van der Waals surface area (Å²) in [5.41, 5.74) is -0.511. The van der Waals surface area contributed by atoms with Crippen molar-refractivity contribution in [1.82, 2.24) is 0 Å². The van der Waals surface area contributed by atoms with Crippen LogP contribution in [0.4, 0.5) is 0 Å². The summed E-state index contributed by atoms with van der Waals surface area (Å²) in [4.78, 5) is 23.7. The minimum Gasteiger partial charge on any atom is -0.460 e. The zero-order valence-corrected chi connectivity index (χ0v) is 11.5. The van der Waals surface area contributed by atoms with Gasteiger partial charge in [-0.05, 0) is 33.6 Å². The third-order valence-corrected chi connectivity index (χ3v) is 2.70. The van der Waals surface area contributed by atoms with Gasteiger partial charge >= 0.3 is 5.97 Å². The summed E-state index contributed by atoms with van der Waals surface area (Å²) in [5, 5.41) is 0. The quantitative estimate of drug-likeness (QED) is 0.531. The van der Waals surface area contributed by atoms with Crippen molar-refractivity contribution in [1.29, 1.82) is 0 Å². The van der Waals surface area contributed by atoms with Gasteiger partial charge in [0.1, 0.15) is 11.4 Å². The molecule has 1 aliphatic carbocycles. The molecule has 0 heterocycles. The highest BCUT2D eigenvalue weighted by molar-refractivity contribution is 5.84. The molecule has 3 heteroatoms. The Kier molecular flexibility index (Phi) is 5.40. The average Bonchev–Trinajstić information content (AvgIpc) is 2.24. The maximum Gasteiger partial charge on any atom is 0.310 e. The summed E-state index contributed by atoms with van der Waals surface area (Å²) in [6, 6.07) is 0. The number of hydrogen-bond acceptors (Lipinski definition) is 3. The van der Waals surface area contributed by atoms with E-state index in [1.54, 1.807) is 0 Å². The maximum absolute atomic E-state index is 12.0. The Balaban J connectivity index is 2.68. The van der Waals surface area contributed by atoms with Crippen molar-refractivity contribution in [2.24, 2.45) is 5.92 Å². The van der Waals surface area contributed by atoms with Crippen molar-refractivity contribution < 1.29 is 14.3 Å². The zero-order valence-electron chi connectivity index (χ0n) is 11.5. The topological polar surface area (TPSA) is 43.4 Å². The van der Waals surface area contributed by atoms with Crippen molar-refractivity contribution in [2.45, 2.75) is 64.9 Å². The van der Waals surface area contributed by atoms with Gasteiger partial charge in [-0.25, -0.2) is 0 Å². The first-order valence-electron chi connectivity index (χ1n) is 6.59. The molecule has 0 radical (unpaired) electrons. The summed E-state index contributed by atoms with van der Waals surface area (Å²) in [5.74, 6) is 5.48. The van der Waals surface area contributed by atoms with Crippen molar-refractivity contribution in [3.8, 4) is 11.8 Å². The fraction of sp³-hybridized carbons (Fsp3) is 0.733. The van der Waals surface area contributed by atoms with Crippen LogP contribution in [0.15, 0.2) is 0 Å². The summed E-state index contributed by atoms with van der Waals surface area (Å²) < 4.78 is 5.34. The molecule has 0 spiro atoms. The van der Waals surface area contributed by atoms with Gasteiger partial charge in [0.05, 0.1) is 5.92 Å². The Morgan fingerprint density at radius 1 is 1.28 bits per heavy atom. The van der Waals surface area contributed by atoms with Crippen molar-refractivity contribution in [3.05, 3.63) is 0 Å². The van der Waals surface area contributed by atoms with E-state index in [-0.39, 0.29) is 18.2 Å². The van der Waals surface area contributed by atoms with Crippen LogP contribution in [-0.4, -0.2) is 17.4 Å². The van der Waals surface area contributed by atoms with Crippen LogP contribution < -0.4 is 0 Å². The summed E-state index contributed by atoms with van der Waals surface area (Å²) in [6.45, 7) is 5.50. The number of rotatable bonds is 1. The van der Waals surface area contributed by atoms with Gasteiger partial charge in [-0.2, -0.15) is 0 Å². The molecule has 0 aromatic carbocycles. The second-order valence-corrected chi connectivity index (χ2v) is 5.74. The molecular weight excluding hydrogens is 228 g/mol. The molecule has 1 aliphatic rings. The number of Topliss-reactive ketones (excluding diaryl/α,β-unsaturated/α-hetero) is 1. The average molecular weight is 250 g/mol. The Hall–Kier alpha value is -1.30. The van der Waals surface area contributed by atoms with Crippen LogP contribution in [0, 0.1) is 17.8 Å². The fourth-order valence-corrected chi connectivity index (χ4v) is 1.82. The van der Waals surface area contributed by atoms with Crippen LogP contribution in [0.25, 0.3) is 0 Å². The van der Waals surface area contributed by atoms with Crippen LogP contribution >= 0.6 is 0 Å². The maximum atomic E-state index is 12.0. The van der Waals surface area contributed by atoms with Crippen molar-refractivity contribution in [2.75, 3.05) is 0 Å². The predicted molar refractivity (Wildman–Crippen MR) is 69.8 cm³/mol. The van der Waals surface area contributed by atoms with Gasteiger partial charge in [0.25, 0.3) is 0 Å². The Bertz CT molecular complexity index is 365. The van der Waals surface area contributed by atoms with Gasteiger partial charge in [-0.15, -0.1) is 11.8 Å². The second kappa shape index (κ2) is 6.58. The van der Waals surface area contributed by atoms with Gasteiger partial charge in [0, 0.05) is 25.7 Å². The molecule has 0 saturated carbocycles. The lowest BCUT2D eigenvalue weighted by Gasteiger charge is -2.23. The highest BCUT2D eigenvalue weighted by Gasteiger charge is 2.26. The molecule has 0 aromatic heterocycles. The van der Waals surface area contributed by atoms with E-state index in [1.165, 1.54) is 0 Å². The molecule has 3 nitrogen and oxygen atoms in total. The highest BCUT2D eigenvalue weighted by Crippen LogP contribution is 2.19. The molecule has 0 N–H and O–H groups in total.